The van der Waals surface area contributed by atoms with Gasteiger partial charge in [-0.25, -0.2) is 9.97 Å². The largest absolute Gasteiger partial charge is 0.455 e. The summed E-state index contributed by atoms with van der Waals surface area (Å²) in [7, 11) is 0. The van der Waals surface area contributed by atoms with Crippen LogP contribution in [-0.2, 0) is 0 Å². The molecule has 3 nitrogen and oxygen atoms in total. The SMILES string of the molecule is c1ccc(-c2cc(-c3cc(-c4ccccc4)nc(-c4cccc5ccccc45)n3)cc(-c3cccc4c3oc3ccccc34)c2)cc1. The summed E-state index contributed by atoms with van der Waals surface area (Å²) in [6.45, 7) is 0. The number of nitrogens with zero attached hydrogens (tertiary/aromatic N) is 2. The van der Waals surface area contributed by atoms with Crippen LogP contribution in [0.15, 0.2) is 174 Å². The van der Waals surface area contributed by atoms with Crippen molar-refractivity contribution in [3.63, 3.8) is 0 Å². The normalized spacial score (nSPS) is 11.4. The van der Waals surface area contributed by atoms with Gasteiger partial charge in [0.05, 0.1) is 11.4 Å². The van der Waals surface area contributed by atoms with Crippen LogP contribution in [0.25, 0.3) is 88.9 Å². The highest BCUT2D eigenvalue weighted by molar-refractivity contribution is 6.10. The van der Waals surface area contributed by atoms with Gasteiger partial charge in [0.15, 0.2) is 5.82 Å². The van der Waals surface area contributed by atoms with Crippen LogP contribution < -0.4 is 0 Å². The van der Waals surface area contributed by atoms with E-state index >= 15 is 0 Å². The molecule has 0 aliphatic carbocycles. The average Bonchev–Trinajstić information content (AvgIpc) is 3.54. The molecule has 0 atom stereocenters. The van der Waals surface area contributed by atoms with E-state index in [0.29, 0.717) is 5.82 Å². The predicted molar refractivity (Wildman–Crippen MR) is 194 cm³/mol. The third-order valence-electron chi connectivity index (χ3n) is 8.88. The van der Waals surface area contributed by atoms with E-state index in [0.717, 1.165) is 83.0 Å². The van der Waals surface area contributed by atoms with E-state index in [1.807, 2.05) is 18.2 Å². The van der Waals surface area contributed by atoms with Gasteiger partial charge in [0.2, 0.25) is 0 Å². The molecular formula is C44H28N2O. The topological polar surface area (TPSA) is 38.9 Å². The first-order valence-corrected chi connectivity index (χ1v) is 15.8. The summed E-state index contributed by atoms with van der Waals surface area (Å²) in [6.07, 6.45) is 0. The smallest absolute Gasteiger partial charge is 0.161 e. The number of furan rings is 1. The van der Waals surface area contributed by atoms with Crippen molar-refractivity contribution in [3.8, 4) is 56.2 Å². The van der Waals surface area contributed by atoms with Gasteiger partial charge in [-0.05, 0) is 57.8 Å². The van der Waals surface area contributed by atoms with Crippen LogP contribution in [0.5, 0.6) is 0 Å². The fourth-order valence-electron chi connectivity index (χ4n) is 6.60. The summed E-state index contributed by atoms with van der Waals surface area (Å²) >= 11 is 0. The molecule has 0 aliphatic heterocycles. The fourth-order valence-corrected chi connectivity index (χ4v) is 6.60. The first kappa shape index (κ1) is 27.0. The van der Waals surface area contributed by atoms with Crippen molar-refractivity contribution in [1.82, 2.24) is 9.97 Å². The molecule has 220 valence electrons. The van der Waals surface area contributed by atoms with Crippen molar-refractivity contribution < 1.29 is 4.42 Å². The predicted octanol–water partition coefficient (Wildman–Crippen LogP) is 11.9. The zero-order chi connectivity index (χ0) is 31.2. The molecule has 47 heavy (non-hydrogen) atoms. The highest BCUT2D eigenvalue weighted by atomic mass is 16.3. The Morgan fingerprint density at radius 3 is 1.77 bits per heavy atom. The average molecular weight is 601 g/mol. The van der Waals surface area contributed by atoms with Crippen LogP contribution in [0.4, 0.5) is 0 Å². The van der Waals surface area contributed by atoms with Gasteiger partial charge in [-0.15, -0.1) is 0 Å². The molecule has 0 aliphatic rings. The summed E-state index contributed by atoms with van der Waals surface area (Å²) in [5, 5.41) is 4.51. The zero-order valence-electron chi connectivity index (χ0n) is 25.5. The molecule has 7 aromatic carbocycles. The van der Waals surface area contributed by atoms with Gasteiger partial charge in [0.1, 0.15) is 11.2 Å². The maximum atomic E-state index is 6.50. The molecule has 0 bridgehead atoms. The summed E-state index contributed by atoms with van der Waals surface area (Å²) < 4.78 is 6.50. The minimum atomic E-state index is 0.698. The van der Waals surface area contributed by atoms with Crippen LogP contribution in [-0.4, -0.2) is 9.97 Å². The van der Waals surface area contributed by atoms with Crippen molar-refractivity contribution in [2.75, 3.05) is 0 Å². The van der Waals surface area contributed by atoms with Crippen LogP contribution in [0, 0.1) is 0 Å². The summed E-state index contributed by atoms with van der Waals surface area (Å²) in [5.74, 6) is 0.698. The van der Waals surface area contributed by atoms with Gasteiger partial charge in [-0.2, -0.15) is 0 Å². The molecule has 0 saturated heterocycles. The van der Waals surface area contributed by atoms with Gasteiger partial charge >= 0.3 is 0 Å². The molecule has 9 aromatic rings. The molecular weight excluding hydrogens is 572 g/mol. The lowest BCUT2D eigenvalue weighted by Crippen LogP contribution is -1.97. The van der Waals surface area contributed by atoms with Crippen molar-refractivity contribution in [2.24, 2.45) is 0 Å². The van der Waals surface area contributed by atoms with Gasteiger partial charge in [0.25, 0.3) is 0 Å². The van der Waals surface area contributed by atoms with Crippen LogP contribution in [0.1, 0.15) is 0 Å². The lowest BCUT2D eigenvalue weighted by molar-refractivity contribution is 0.670. The summed E-state index contributed by atoms with van der Waals surface area (Å²) in [6, 6.07) is 59.1. The Kier molecular flexibility index (Phi) is 6.46. The second-order valence-electron chi connectivity index (χ2n) is 11.8. The molecule has 0 unspecified atom stereocenters. The monoisotopic (exact) mass is 600 g/mol. The van der Waals surface area contributed by atoms with E-state index in [1.165, 1.54) is 0 Å². The number of rotatable bonds is 5. The molecule has 0 fully saturated rings. The maximum absolute atomic E-state index is 6.50. The second kappa shape index (κ2) is 11.2. The lowest BCUT2D eigenvalue weighted by atomic mass is 9.93. The Labute approximate surface area is 272 Å². The zero-order valence-corrected chi connectivity index (χ0v) is 25.5. The van der Waals surface area contributed by atoms with E-state index < -0.39 is 0 Å². The summed E-state index contributed by atoms with van der Waals surface area (Å²) in [5.41, 5.74) is 10.9. The van der Waals surface area contributed by atoms with Gasteiger partial charge in [-0.3, -0.25) is 0 Å². The van der Waals surface area contributed by atoms with Crippen molar-refractivity contribution in [3.05, 3.63) is 170 Å². The standard InChI is InChI=1S/C44H28N2O/c1-3-13-29(14-4-1)32-25-33(36-21-12-22-38-37-20-9-10-24-42(37)47-43(36)38)27-34(26-32)41-28-40(31-16-5-2-6-17-31)45-44(46-41)39-23-11-18-30-15-7-8-19-35(30)39/h1-28H. The number of hydrogen-bond donors (Lipinski definition) is 0. The number of para-hydroxylation sites is 2. The third kappa shape index (κ3) is 4.86. The van der Waals surface area contributed by atoms with Gasteiger partial charge in [0, 0.05) is 33.0 Å². The van der Waals surface area contributed by atoms with E-state index in [9.17, 15) is 0 Å². The van der Waals surface area contributed by atoms with Gasteiger partial charge in [-0.1, -0.05) is 140 Å². The molecule has 2 heterocycles. The highest BCUT2D eigenvalue weighted by Crippen LogP contribution is 2.40. The Balaban J connectivity index is 1.31. The molecule has 0 saturated carbocycles. The van der Waals surface area contributed by atoms with Crippen LogP contribution in [0.3, 0.4) is 0 Å². The van der Waals surface area contributed by atoms with E-state index in [-0.39, 0.29) is 0 Å². The highest BCUT2D eigenvalue weighted by Gasteiger charge is 2.17. The molecule has 3 heteroatoms. The van der Waals surface area contributed by atoms with Crippen molar-refractivity contribution in [1.29, 1.82) is 0 Å². The number of fused-ring (bicyclic) bond motifs is 4. The first-order chi connectivity index (χ1) is 23.3. The number of benzene rings is 7. The maximum Gasteiger partial charge on any atom is 0.161 e. The molecule has 0 amide bonds. The first-order valence-electron chi connectivity index (χ1n) is 15.8. The van der Waals surface area contributed by atoms with Crippen molar-refractivity contribution >= 4 is 32.7 Å². The van der Waals surface area contributed by atoms with Gasteiger partial charge < -0.3 is 4.42 Å². The van der Waals surface area contributed by atoms with E-state index in [1.54, 1.807) is 0 Å². The van der Waals surface area contributed by atoms with Crippen LogP contribution in [0.2, 0.25) is 0 Å². The lowest BCUT2D eigenvalue weighted by Gasteiger charge is -2.14. The second-order valence-corrected chi connectivity index (χ2v) is 11.8. The molecule has 9 rings (SSSR count). The molecule has 0 N–H and O–H groups in total. The fraction of sp³-hybridized carbons (Fsp3) is 0. The Morgan fingerprint density at radius 2 is 0.936 bits per heavy atom. The van der Waals surface area contributed by atoms with Crippen LogP contribution >= 0.6 is 0 Å². The third-order valence-corrected chi connectivity index (χ3v) is 8.88. The quantitative estimate of drug-likeness (QED) is 0.197. The molecule has 0 radical (unpaired) electrons. The minimum Gasteiger partial charge on any atom is -0.455 e. The Bertz CT molecular complexity index is 2560. The molecule has 0 spiro atoms. The minimum absolute atomic E-state index is 0.698. The van der Waals surface area contributed by atoms with E-state index in [4.69, 9.17) is 14.4 Å². The number of aromatic nitrogens is 2. The Hall–Kier alpha value is -6.32. The van der Waals surface area contributed by atoms with Crippen molar-refractivity contribution in [2.45, 2.75) is 0 Å². The Morgan fingerprint density at radius 1 is 0.362 bits per heavy atom. The van der Waals surface area contributed by atoms with E-state index in [2.05, 4.69) is 152 Å². The number of hydrogen-bond acceptors (Lipinski definition) is 3. The molecule has 2 aromatic heterocycles. The summed E-state index contributed by atoms with van der Waals surface area (Å²) in [4.78, 5) is 10.4.